The Kier molecular flexibility index (Phi) is 9.52. The van der Waals surface area contributed by atoms with E-state index in [1.54, 1.807) is 0 Å². The van der Waals surface area contributed by atoms with Crippen LogP contribution in [0.15, 0.2) is 11.9 Å². The number of nitrogens with zero attached hydrogens (tertiary/aromatic N) is 1. The third-order valence-corrected chi connectivity index (χ3v) is 4.05. The number of nitrogens with one attached hydrogen (secondary N) is 1. The maximum atomic E-state index is 10.1. The molecule has 9 nitrogen and oxygen atoms in total. The molecule has 1 heterocycles. The van der Waals surface area contributed by atoms with Crippen molar-refractivity contribution in [2.24, 2.45) is 11.6 Å². The van der Waals surface area contributed by atoms with Crippen LogP contribution < -0.4 is 16.9 Å². The fourth-order valence-electron chi connectivity index (χ4n) is 2.59. The number of hydrazine groups is 1. The van der Waals surface area contributed by atoms with E-state index in [0.717, 1.165) is 25.9 Å². The van der Waals surface area contributed by atoms with Gasteiger partial charge in [-0.05, 0) is 32.4 Å². The smallest absolute Gasteiger partial charge is 0.186 e. The van der Waals surface area contributed by atoms with E-state index in [0.29, 0.717) is 12.1 Å². The number of hydrogen-bond donors (Lipinski definition) is 6. The fraction of sp³-hybridized carbons (Fsp3) is 0.867. The van der Waals surface area contributed by atoms with Crippen molar-refractivity contribution < 1.29 is 24.8 Å². The Morgan fingerprint density at radius 1 is 1.25 bits per heavy atom. The standard InChI is InChI=1S/C15H32N4O5/c1-3-6-18-7-4-5-10(8-16)19(17)9-11-12(20)13(21)14(22)15(23-2)24-11/h8,11-15,18,20-22H,3-7,9,16-17H2,1-2H3/b10-8-. The minimum Gasteiger partial charge on any atom is -0.403 e. The van der Waals surface area contributed by atoms with Gasteiger partial charge in [0.05, 0.1) is 6.54 Å². The largest absolute Gasteiger partial charge is 0.403 e. The van der Waals surface area contributed by atoms with Crippen molar-refractivity contribution in [1.82, 2.24) is 10.3 Å². The summed E-state index contributed by atoms with van der Waals surface area (Å²) in [6.07, 6.45) is -1.76. The number of allylic oxidation sites excluding steroid dienone is 1. The van der Waals surface area contributed by atoms with Crippen molar-refractivity contribution >= 4 is 0 Å². The van der Waals surface area contributed by atoms with Crippen LogP contribution in [0.2, 0.25) is 0 Å². The quantitative estimate of drug-likeness (QED) is 0.153. The first-order valence-corrected chi connectivity index (χ1v) is 8.32. The molecule has 0 saturated carbocycles. The predicted molar refractivity (Wildman–Crippen MR) is 89.2 cm³/mol. The summed E-state index contributed by atoms with van der Waals surface area (Å²) in [4.78, 5) is 0. The normalized spacial score (nSPS) is 31.2. The van der Waals surface area contributed by atoms with Crippen LogP contribution >= 0.6 is 0 Å². The van der Waals surface area contributed by atoms with E-state index in [4.69, 9.17) is 21.1 Å². The second-order valence-electron chi connectivity index (χ2n) is 5.91. The van der Waals surface area contributed by atoms with E-state index >= 15 is 0 Å². The van der Waals surface area contributed by atoms with Crippen molar-refractivity contribution in [2.75, 3.05) is 26.7 Å². The summed E-state index contributed by atoms with van der Waals surface area (Å²) in [6, 6.07) is 0. The van der Waals surface area contributed by atoms with Crippen LogP contribution in [0.25, 0.3) is 0 Å². The van der Waals surface area contributed by atoms with Crippen molar-refractivity contribution in [3.8, 4) is 0 Å². The minimum atomic E-state index is -1.37. The Morgan fingerprint density at radius 3 is 2.54 bits per heavy atom. The molecule has 1 aliphatic heterocycles. The first-order chi connectivity index (χ1) is 11.5. The zero-order valence-corrected chi connectivity index (χ0v) is 14.5. The maximum Gasteiger partial charge on any atom is 0.186 e. The molecule has 0 aromatic carbocycles. The lowest BCUT2D eigenvalue weighted by Gasteiger charge is -2.41. The van der Waals surface area contributed by atoms with Crippen LogP contribution in [-0.2, 0) is 9.47 Å². The number of hydrogen-bond acceptors (Lipinski definition) is 9. The number of rotatable bonds is 10. The molecule has 0 aromatic heterocycles. The molecule has 0 radical (unpaired) electrons. The SMILES string of the molecule is CCCNCCC/C(=C/N)N(N)CC1OC(OC)C(O)C(O)C1O. The molecule has 0 aliphatic carbocycles. The molecule has 0 amide bonds. The van der Waals surface area contributed by atoms with Crippen molar-refractivity contribution in [1.29, 1.82) is 0 Å². The Bertz CT molecular complexity index is 383. The van der Waals surface area contributed by atoms with Crippen LogP contribution in [0.1, 0.15) is 26.2 Å². The highest BCUT2D eigenvalue weighted by Gasteiger charge is 2.44. The Balaban J connectivity index is 2.52. The van der Waals surface area contributed by atoms with E-state index < -0.39 is 30.7 Å². The summed E-state index contributed by atoms with van der Waals surface area (Å²) in [5.41, 5.74) is 6.34. The zero-order chi connectivity index (χ0) is 18.1. The third-order valence-electron chi connectivity index (χ3n) is 4.05. The second-order valence-corrected chi connectivity index (χ2v) is 5.91. The van der Waals surface area contributed by atoms with Crippen LogP contribution in [0.3, 0.4) is 0 Å². The summed E-state index contributed by atoms with van der Waals surface area (Å²) in [7, 11) is 1.35. The van der Waals surface area contributed by atoms with Gasteiger partial charge in [-0.1, -0.05) is 6.92 Å². The Morgan fingerprint density at radius 2 is 1.96 bits per heavy atom. The Labute approximate surface area is 143 Å². The zero-order valence-electron chi connectivity index (χ0n) is 14.5. The minimum absolute atomic E-state index is 0.107. The molecule has 1 fully saturated rings. The fourth-order valence-corrected chi connectivity index (χ4v) is 2.59. The molecule has 142 valence electrons. The predicted octanol–water partition coefficient (Wildman–Crippen LogP) is -1.80. The number of ether oxygens (including phenoxy) is 2. The van der Waals surface area contributed by atoms with Gasteiger partial charge in [0.2, 0.25) is 0 Å². The van der Waals surface area contributed by atoms with Crippen LogP contribution in [0, 0.1) is 0 Å². The van der Waals surface area contributed by atoms with E-state index in [9.17, 15) is 15.3 Å². The molecule has 0 bridgehead atoms. The van der Waals surface area contributed by atoms with Crippen molar-refractivity contribution in [2.45, 2.75) is 56.9 Å². The van der Waals surface area contributed by atoms with E-state index in [-0.39, 0.29) is 6.54 Å². The van der Waals surface area contributed by atoms with Gasteiger partial charge in [-0.3, -0.25) is 0 Å². The van der Waals surface area contributed by atoms with Gasteiger partial charge in [-0.2, -0.15) is 0 Å². The highest BCUT2D eigenvalue weighted by atomic mass is 16.7. The van der Waals surface area contributed by atoms with Gasteiger partial charge < -0.3 is 40.9 Å². The monoisotopic (exact) mass is 348 g/mol. The summed E-state index contributed by atoms with van der Waals surface area (Å²) in [5, 5.41) is 34.4. The van der Waals surface area contributed by atoms with Gasteiger partial charge in [-0.25, -0.2) is 5.84 Å². The highest BCUT2D eigenvalue weighted by molar-refractivity contribution is 4.99. The van der Waals surface area contributed by atoms with Gasteiger partial charge in [0.1, 0.15) is 24.4 Å². The molecule has 8 N–H and O–H groups in total. The van der Waals surface area contributed by atoms with E-state index in [1.165, 1.54) is 18.3 Å². The maximum absolute atomic E-state index is 10.1. The van der Waals surface area contributed by atoms with Gasteiger partial charge in [0.25, 0.3) is 0 Å². The number of methoxy groups -OCH3 is 1. The molecule has 9 heteroatoms. The van der Waals surface area contributed by atoms with Crippen LogP contribution in [0.5, 0.6) is 0 Å². The van der Waals surface area contributed by atoms with Gasteiger partial charge >= 0.3 is 0 Å². The van der Waals surface area contributed by atoms with Crippen LogP contribution in [0.4, 0.5) is 0 Å². The van der Waals surface area contributed by atoms with Crippen molar-refractivity contribution in [3.63, 3.8) is 0 Å². The van der Waals surface area contributed by atoms with E-state index in [2.05, 4.69) is 12.2 Å². The Hall–Kier alpha value is -0.940. The first-order valence-electron chi connectivity index (χ1n) is 8.32. The number of nitrogens with two attached hydrogens (primary N) is 2. The second kappa shape index (κ2) is 10.8. The number of aliphatic hydroxyl groups excluding tert-OH is 3. The molecule has 5 unspecified atom stereocenters. The topological polar surface area (TPSA) is 146 Å². The molecule has 1 aliphatic rings. The van der Waals surface area contributed by atoms with Gasteiger partial charge in [0, 0.05) is 19.0 Å². The summed E-state index contributed by atoms with van der Waals surface area (Å²) in [5.74, 6) is 6.02. The summed E-state index contributed by atoms with van der Waals surface area (Å²) in [6.45, 7) is 4.04. The van der Waals surface area contributed by atoms with E-state index in [1.807, 2.05) is 0 Å². The van der Waals surface area contributed by atoms with Gasteiger partial charge in [-0.15, -0.1) is 0 Å². The lowest BCUT2D eigenvalue weighted by Crippen LogP contribution is -2.60. The summed E-state index contributed by atoms with van der Waals surface area (Å²) >= 11 is 0. The van der Waals surface area contributed by atoms with Crippen molar-refractivity contribution in [3.05, 3.63) is 11.9 Å². The first kappa shape index (κ1) is 21.1. The average Bonchev–Trinajstić information content (AvgIpc) is 2.58. The number of aliphatic hydroxyl groups is 3. The molecule has 1 rings (SSSR count). The molecule has 24 heavy (non-hydrogen) atoms. The lowest BCUT2D eigenvalue weighted by atomic mass is 9.98. The summed E-state index contributed by atoms with van der Waals surface area (Å²) < 4.78 is 10.4. The third kappa shape index (κ3) is 5.85. The molecular weight excluding hydrogens is 316 g/mol. The molecule has 0 aromatic rings. The van der Waals surface area contributed by atoms with Gasteiger partial charge in [0.15, 0.2) is 6.29 Å². The molecule has 5 atom stereocenters. The molecule has 1 saturated heterocycles. The average molecular weight is 348 g/mol. The molecule has 0 spiro atoms. The highest BCUT2D eigenvalue weighted by Crippen LogP contribution is 2.23. The molecular formula is C15H32N4O5. The van der Waals surface area contributed by atoms with Crippen LogP contribution in [-0.4, -0.2) is 77.8 Å². The lowest BCUT2D eigenvalue weighted by molar-refractivity contribution is -0.291.